The van der Waals surface area contributed by atoms with Crippen molar-refractivity contribution in [1.82, 2.24) is 19.8 Å². The second-order valence-electron chi connectivity index (χ2n) is 10.8. The lowest BCUT2D eigenvalue weighted by Gasteiger charge is -2.21. The van der Waals surface area contributed by atoms with E-state index in [1.807, 2.05) is 11.5 Å². The molecule has 1 heterocycles. The van der Waals surface area contributed by atoms with E-state index in [-0.39, 0.29) is 29.0 Å². The van der Waals surface area contributed by atoms with Crippen LogP contribution in [0.5, 0.6) is 0 Å². The summed E-state index contributed by atoms with van der Waals surface area (Å²) >= 11 is 0. The number of amides is 3. The summed E-state index contributed by atoms with van der Waals surface area (Å²) in [5, 5.41) is 14.9. The summed E-state index contributed by atoms with van der Waals surface area (Å²) in [6, 6.07) is 10.8. The maximum atomic E-state index is 13.1. The highest BCUT2D eigenvalue weighted by molar-refractivity contribution is 6.08. The lowest BCUT2D eigenvalue weighted by atomic mass is 10.1. The van der Waals surface area contributed by atoms with Crippen LogP contribution >= 0.6 is 0 Å². The predicted octanol–water partition coefficient (Wildman–Crippen LogP) is 4.94. The van der Waals surface area contributed by atoms with Crippen LogP contribution in [0.15, 0.2) is 42.5 Å². The molecule has 0 saturated carbocycles. The fraction of sp³-hybridized carbons (Fsp3) is 0.414. The van der Waals surface area contributed by atoms with Crippen molar-refractivity contribution in [2.24, 2.45) is 0 Å². The van der Waals surface area contributed by atoms with E-state index < -0.39 is 23.6 Å². The van der Waals surface area contributed by atoms with Gasteiger partial charge in [-0.2, -0.15) is 0 Å². The predicted molar refractivity (Wildman–Crippen MR) is 152 cm³/mol. The molecule has 1 atom stereocenters. The average Bonchev–Trinajstić information content (AvgIpc) is 3.24. The average molecular weight is 552 g/mol. The highest BCUT2D eigenvalue weighted by Crippen LogP contribution is 2.30. The van der Waals surface area contributed by atoms with Gasteiger partial charge in [0.25, 0.3) is 11.8 Å². The molecule has 0 aliphatic rings. The Kier molecular flexibility index (Phi) is 9.51. The quantitative estimate of drug-likeness (QED) is 0.303. The number of hydrogen-bond acceptors (Lipinski definition) is 6. The molecular formula is C29H37N5O6. The molecule has 3 aromatic rings. The molecule has 1 aromatic heterocycles. The molecule has 214 valence electrons. The van der Waals surface area contributed by atoms with Crippen molar-refractivity contribution in [2.75, 3.05) is 26.0 Å². The van der Waals surface area contributed by atoms with E-state index in [1.54, 1.807) is 53.1 Å². The van der Waals surface area contributed by atoms with Crippen LogP contribution in [0.25, 0.3) is 11.0 Å². The highest BCUT2D eigenvalue weighted by Gasteiger charge is 2.24. The summed E-state index contributed by atoms with van der Waals surface area (Å²) in [5.74, 6) is -1.61. The third kappa shape index (κ3) is 7.58. The zero-order chi connectivity index (χ0) is 29.6. The number of nitrogens with zero attached hydrogens (tertiary/aromatic N) is 3. The van der Waals surface area contributed by atoms with Crippen LogP contribution in [-0.4, -0.2) is 69.7 Å². The van der Waals surface area contributed by atoms with Crippen LogP contribution in [0, 0.1) is 0 Å². The molecule has 0 spiro atoms. The number of hydrogen-bond donors (Lipinski definition) is 3. The van der Waals surface area contributed by atoms with Crippen LogP contribution < -0.4 is 10.6 Å². The third-order valence-electron chi connectivity index (χ3n) is 6.10. The number of alkyl carbamates (subject to hydrolysis) is 1. The largest absolute Gasteiger partial charge is 0.478 e. The van der Waals surface area contributed by atoms with Gasteiger partial charge in [-0.3, -0.25) is 14.9 Å². The first kappa shape index (κ1) is 30.1. The van der Waals surface area contributed by atoms with Gasteiger partial charge in [-0.05, 0) is 77.3 Å². The van der Waals surface area contributed by atoms with E-state index in [2.05, 4.69) is 15.6 Å². The molecule has 3 amide bonds. The number of carbonyl (C=O) groups excluding carboxylic acids is 3. The van der Waals surface area contributed by atoms with Crippen LogP contribution in [0.3, 0.4) is 0 Å². The summed E-state index contributed by atoms with van der Waals surface area (Å²) in [6.07, 6.45) is 1.64. The molecule has 0 aliphatic carbocycles. The molecular weight excluding hydrogens is 514 g/mol. The SMILES string of the molecule is CC(CCCCNC(=O)OC(C)(C)C)n1c(NC(=O)c2cccc(C(=O)O)c2)nc2cccc(C(=O)N(C)C)c21. The molecule has 11 heteroatoms. The Morgan fingerprint density at radius 2 is 1.73 bits per heavy atom. The first-order chi connectivity index (χ1) is 18.8. The van der Waals surface area contributed by atoms with E-state index in [1.165, 1.54) is 29.2 Å². The number of imidazole rings is 1. The molecule has 0 radical (unpaired) electrons. The Bertz CT molecular complexity index is 1410. The summed E-state index contributed by atoms with van der Waals surface area (Å²) in [5.41, 5.74) is 1.17. The number of unbranched alkanes of at least 4 members (excludes halogenated alkanes) is 1. The summed E-state index contributed by atoms with van der Waals surface area (Å²) < 4.78 is 7.11. The van der Waals surface area contributed by atoms with Crippen molar-refractivity contribution >= 4 is 40.9 Å². The van der Waals surface area contributed by atoms with E-state index in [9.17, 15) is 24.3 Å². The Morgan fingerprint density at radius 1 is 1.05 bits per heavy atom. The van der Waals surface area contributed by atoms with E-state index >= 15 is 0 Å². The van der Waals surface area contributed by atoms with Crippen LogP contribution in [0.2, 0.25) is 0 Å². The molecule has 3 rings (SSSR count). The molecule has 0 saturated heterocycles. The number of anilines is 1. The zero-order valence-corrected chi connectivity index (χ0v) is 23.8. The molecule has 3 N–H and O–H groups in total. The fourth-order valence-electron chi connectivity index (χ4n) is 4.25. The summed E-state index contributed by atoms with van der Waals surface area (Å²) in [7, 11) is 3.34. The Balaban J connectivity index is 1.87. The number of aromatic nitrogens is 2. The third-order valence-corrected chi connectivity index (χ3v) is 6.10. The fourth-order valence-corrected chi connectivity index (χ4v) is 4.25. The number of aromatic carboxylic acids is 1. The van der Waals surface area contributed by atoms with E-state index in [0.29, 0.717) is 36.0 Å². The van der Waals surface area contributed by atoms with Gasteiger partial charge in [-0.1, -0.05) is 12.1 Å². The van der Waals surface area contributed by atoms with Gasteiger partial charge in [-0.15, -0.1) is 0 Å². The van der Waals surface area contributed by atoms with E-state index in [4.69, 9.17) is 4.74 Å². The summed E-state index contributed by atoms with van der Waals surface area (Å²) in [6.45, 7) is 7.83. The summed E-state index contributed by atoms with van der Waals surface area (Å²) in [4.78, 5) is 55.6. The van der Waals surface area contributed by atoms with Gasteiger partial charge in [0.2, 0.25) is 5.95 Å². The highest BCUT2D eigenvalue weighted by atomic mass is 16.6. The van der Waals surface area contributed by atoms with Gasteiger partial charge in [0.1, 0.15) is 5.60 Å². The molecule has 1 unspecified atom stereocenters. The van der Waals surface area contributed by atoms with Crippen molar-refractivity contribution in [3.05, 3.63) is 59.2 Å². The van der Waals surface area contributed by atoms with Crippen molar-refractivity contribution in [3.63, 3.8) is 0 Å². The minimum absolute atomic E-state index is 0.00613. The molecule has 11 nitrogen and oxygen atoms in total. The number of rotatable bonds is 10. The number of fused-ring (bicyclic) bond motifs is 1. The number of nitrogens with one attached hydrogen (secondary N) is 2. The van der Waals surface area contributed by atoms with Crippen LogP contribution in [0.4, 0.5) is 10.7 Å². The van der Waals surface area contributed by atoms with Gasteiger partial charge >= 0.3 is 12.1 Å². The molecule has 40 heavy (non-hydrogen) atoms. The standard InChI is InChI=1S/C29H37N5O6/c1-18(11-7-8-16-30-28(39)40-29(2,3)4)34-23-21(25(36)33(5)6)14-10-15-22(23)31-27(34)32-24(35)19-12-9-13-20(17-19)26(37)38/h9-10,12-15,17-18H,7-8,11,16H2,1-6H3,(H,30,39)(H,37,38)(H,31,32,35). The zero-order valence-electron chi connectivity index (χ0n) is 23.8. The van der Waals surface area contributed by atoms with Gasteiger partial charge in [0, 0.05) is 32.2 Å². The lowest BCUT2D eigenvalue weighted by Crippen LogP contribution is -2.33. The lowest BCUT2D eigenvalue weighted by molar-refractivity contribution is 0.0525. The van der Waals surface area contributed by atoms with Gasteiger partial charge in [0.15, 0.2) is 0 Å². The Morgan fingerprint density at radius 3 is 2.38 bits per heavy atom. The maximum Gasteiger partial charge on any atom is 0.407 e. The number of benzene rings is 2. The van der Waals surface area contributed by atoms with Crippen molar-refractivity contribution < 1.29 is 29.0 Å². The first-order valence-electron chi connectivity index (χ1n) is 13.1. The second-order valence-corrected chi connectivity index (χ2v) is 10.8. The van der Waals surface area contributed by atoms with Crippen molar-refractivity contribution in [2.45, 2.75) is 58.6 Å². The van der Waals surface area contributed by atoms with Crippen LogP contribution in [0.1, 0.15) is 84.1 Å². The first-order valence-corrected chi connectivity index (χ1v) is 13.1. The number of para-hydroxylation sites is 1. The normalized spacial score (nSPS) is 12.1. The smallest absolute Gasteiger partial charge is 0.407 e. The maximum absolute atomic E-state index is 13.1. The number of carboxylic acids is 1. The van der Waals surface area contributed by atoms with Gasteiger partial charge < -0.3 is 24.6 Å². The number of ether oxygens (including phenoxy) is 1. The molecule has 2 aromatic carbocycles. The van der Waals surface area contributed by atoms with Crippen LogP contribution in [-0.2, 0) is 4.74 Å². The number of carboxylic acid groups (broad SMARTS) is 1. The van der Waals surface area contributed by atoms with E-state index in [0.717, 1.165) is 6.42 Å². The molecule has 0 aliphatic heterocycles. The topological polar surface area (TPSA) is 143 Å². The van der Waals surface area contributed by atoms with Crippen molar-refractivity contribution in [3.8, 4) is 0 Å². The van der Waals surface area contributed by atoms with Gasteiger partial charge in [-0.25, -0.2) is 14.6 Å². The molecule has 0 bridgehead atoms. The van der Waals surface area contributed by atoms with Crippen molar-refractivity contribution in [1.29, 1.82) is 0 Å². The second kappa shape index (κ2) is 12.6. The monoisotopic (exact) mass is 551 g/mol. The Hall–Kier alpha value is -4.41. The molecule has 0 fully saturated rings. The minimum Gasteiger partial charge on any atom is -0.478 e. The Labute approximate surface area is 233 Å². The minimum atomic E-state index is -1.14. The number of carbonyl (C=O) groups is 4. The van der Waals surface area contributed by atoms with Gasteiger partial charge in [0.05, 0.1) is 22.2 Å².